The molecule has 1 aromatic carbocycles. The van der Waals surface area contributed by atoms with Crippen LogP contribution in [-0.4, -0.2) is 18.5 Å². The monoisotopic (exact) mass is 273 g/mol. The van der Waals surface area contributed by atoms with Gasteiger partial charge in [0.2, 0.25) is 6.79 Å². The van der Waals surface area contributed by atoms with E-state index < -0.39 is 0 Å². The quantitative estimate of drug-likeness (QED) is 0.878. The lowest BCUT2D eigenvalue weighted by Crippen LogP contribution is -2.12. The van der Waals surface area contributed by atoms with Crippen LogP contribution in [0.15, 0.2) is 16.6 Å². The Labute approximate surface area is 96.1 Å². The zero-order valence-electron chi connectivity index (χ0n) is 8.07. The van der Waals surface area contributed by atoms with Crippen LogP contribution in [0, 0.1) is 0 Å². The fourth-order valence-corrected chi connectivity index (χ4v) is 2.03. The van der Waals surface area contributed by atoms with E-state index in [-0.39, 0.29) is 19.4 Å². The summed E-state index contributed by atoms with van der Waals surface area (Å²) >= 11 is 3.38. The third kappa shape index (κ3) is 2.09. The lowest BCUT2D eigenvalue weighted by Gasteiger charge is -2.13. The van der Waals surface area contributed by atoms with Crippen molar-refractivity contribution in [2.24, 2.45) is 5.73 Å². The molecule has 1 heterocycles. The fraction of sp³-hybridized carbons (Fsp3) is 0.400. The molecule has 1 unspecified atom stereocenters. The maximum atomic E-state index is 8.85. The first-order chi connectivity index (χ1) is 7.22. The van der Waals surface area contributed by atoms with Gasteiger partial charge in [0.15, 0.2) is 11.5 Å². The minimum Gasteiger partial charge on any atom is -0.454 e. The number of benzene rings is 1. The lowest BCUT2D eigenvalue weighted by atomic mass is 10.0. The van der Waals surface area contributed by atoms with Crippen LogP contribution < -0.4 is 15.2 Å². The molecule has 0 fully saturated rings. The first kappa shape index (κ1) is 10.7. The van der Waals surface area contributed by atoms with Crippen LogP contribution in [0.3, 0.4) is 0 Å². The van der Waals surface area contributed by atoms with Crippen LogP contribution >= 0.6 is 15.9 Å². The second-order valence-corrected chi connectivity index (χ2v) is 4.26. The number of rotatable bonds is 3. The summed E-state index contributed by atoms with van der Waals surface area (Å²) < 4.78 is 11.5. The molecular weight excluding hydrogens is 262 g/mol. The van der Waals surface area contributed by atoms with Crippen LogP contribution in [-0.2, 0) is 0 Å². The molecule has 82 valence electrons. The minimum absolute atomic E-state index is 0.0588. The number of ether oxygens (including phenoxy) is 2. The molecule has 1 aliphatic rings. The molecule has 15 heavy (non-hydrogen) atoms. The van der Waals surface area contributed by atoms with Gasteiger partial charge in [0.05, 0.1) is 0 Å². The van der Waals surface area contributed by atoms with E-state index in [4.69, 9.17) is 20.3 Å². The lowest BCUT2D eigenvalue weighted by molar-refractivity contribution is 0.172. The van der Waals surface area contributed by atoms with Crippen LogP contribution in [0.4, 0.5) is 0 Å². The van der Waals surface area contributed by atoms with Crippen molar-refractivity contribution in [1.29, 1.82) is 0 Å². The van der Waals surface area contributed by atoms with Gasteiger partial charge in [-0.05, 0) is 18.6 Å². The van der Waals surface area contributed by atoms with Gasteiger partial charge in [0, 0.05) is 22.7 Å². The number of aliphatic hydroxyl groups excluding tert-OH is 1. The zero-order valence-corrected chi connectivity index (χ0v) is 9.66. The van der Waals surface area contributed by atoms with Crippen LogP contribution in [0.5, 0.6) is 11.5 Å². The van der Waals surface area contributed by atoms with Crippen molar-refractivity contribution in [1.82, 2.24) is 0 Å². The predicted molar refractivity (Wildman–Crippen MR) is 58.9 cm³/mol. The zero-order chi connectivity index (χ0) is 10.8. The Morgan fingerprint density at radius 2 is 2.27 bits per heavy atom. The molecule has 2 rings (SSSR count). The largest absolute Gasteiger partial charge is 0.454 e. The van der Waals surface area contributed by atoms with E-state index in [0.717, 1.165) is 10.0 Å². The van der Waals surface area contributed by atoms with Gasteiger partial charge in [-0.3, -0.25) is 0 Å². The Balaban J connectivity index is 2.37. The molecule has 0 aromatic heterocycles. The maximum absolute atomic E-state index is 8.85. The van der Waals surface area contributed by atoms with Gasteiger partial charge in [-0.1, -0.05) is 15.9 Å². The van der Waals surface area contributed by atoms with Crippen LogP contribution in [0.25, 0.3) is 0 Å². The molecule has 0 saturated heterocycles. The molecule has 5 heteroatoms. The molecule has 1 atom stereocenters. The summed E-state index contributed by atoms with van der Waals surface area (Å²) in [6.07, 6.45) is 0.506. The second-order valence-electron chi connectivity index (χ2n) is 3.35. The van der Waals surface area contributed by atoms with Gasteiger partial charge in [-0.2, -0.15) is 0 Å². The standard InChI is InChI=1S/C10H12BrNO3/c11-6-3-7(8(12)1-2-13)10-9(4-6)14-5-15-10/h3-4,8,13H,1-2,5,12H2. The van der Waals surface area contributed by atoms with Crippen molar-refractivity contribution in [2.75, 3.05) is 13.4 Å². The molecule has 0 spiro atoms. The van der Waals surface area contributed by atoms with E-state index >= 15 is 0 Å². The number of fused-ring (bicyclic) bond motifs is 1. The highest BCUT2D eigenvalue weighted by atomic mass is 79.9. The third-order valence-electron chi connectivity index (χ3n) is 2.31. The van der Waals surface area contributed by atoms with Crippen molar-refractivity contribution in [2.45, 2.75) is 12.5 Å². The smallest absolute Gasteiger partial charge is 0.231 e. The molecule has 0 saturated carbocycles. The molecule has 4 nitrogen and oxygen atoms in total. The van der Waals surface area contributed by atoms with Crippen molar-refractivity contribution >= 4 is 15.9 Å². The Morgan fingerprint density at radius 3 is 3.00 bits per heavy atom. The van der Waals surface area contributed by atoms with E-state index in [0.29, 0.717) is 17.9 Å². The Morgan fingerprint density at radius 1 is 1.47 bits per heavy atom. The third-order valence-corrected chi connectivity index (χ3v) is 2.76. The molecule has 0 amide bonds. The number of nitrogens with two attached hydrogens (primary N) is 1. The summed E-state index contributed by atoms with van der Waals surface area (Å²) in [5.74, 6) is 1.40. The molecule has 0 radical (unpaired) electrons. The molecule has 0 bridgehead atoms. The Bertz CT molecular complexity index is 370. The SMILES string of the molecule is NC(CCO)c1cc(Br)cc2c1OCO2. The molecule has 0 aliphatic carbocycles. The summed E-state index contributed by atoms with van der Waals surface area (Å²) in [4.78, 5) is 0. The van der Waals surface area contributed by atoms with Gasteiger partial charge in [-0.25, -0.2) is 0 Å². The van der Waals surface area contributed by atoms with E-state index in [9.17, 15) is 0 Å². The highest BCUT2D eigenvalue weighted by molar-refractivity contribution is 9.10. The molecular formula is C10H12BrNO3. The second kappa shape index (κ2) is 4.38. The van der Waals surface area contributed by atoms with E-state index in [1.54, 1.807) is 0 Å². The molecule has 1 aromatic rings. The van der Waals surface area contributed by atoms with Crippen molar-refractivity contribution in [3.05, 3.63) is 22.2 Å². The first-order valence-corrected chi connectivity index (χ1v) is 5.47. The van der Waals surface area contributed by atoms with Crippen LogP contribution in [0.1, 0.15) is 18.0 Å². The van der Waals surface area contributed by atoms with E-state index in [1.165, 1.54) is 0 Å². The average Bonchev–Trinajstić information content (AvgIpc) is 2.64. The highest BCUT2D eigenvalue weighted by Crippen LogP contribution is 2.41. The van der Waals surface area contributed by atoms with Gasteiger partial charge in [0.25, 0.3) is 0 Å². The number of hydrogen-bond donors (Lipinski definition) is 2. The Kier molecular flexibility index (Phi) is 3.14. The van der Waals surface area contributed by atoms with Crippen molar-refractivity contribution in [3.63, 3.8) is 0 Å². The van der Waals surface area contributed by atoms with Crippen LogP contribution in [0.2, 0.25) is 0 Å². The van der Waals surface area contributed by atoms with E-state index in [2.05, 4.69) is 15.9 Å². The summed E-state index contributed by atoms with van der Waals surface area (Å²) in [7, 11) is 0. The average molecular weight is 274 g/mol. The number of aliphatic hydroxyl groups is 1. The minimum atomic E-state index is -0.233. The highest BCUT2D eigenvalue weighted by Gasteiger charge is 2.22. The van der Waals surface area contributed by atoms with E-state index in [1.807, 2.05) is 12.1 Å². The number of hydrogen-bond acceptors (Lipinski definition) is 4. The molecule has 1 aliphatic heterocycles. The summed E-state index contributed by atoms with van der Waals surface area (Å²) in [6.45, 7) is 0.286. The van der Waals surface area contributed by atoms with Crippen molar-refractivity contribution in [3.8, 4) is 11.5 Å². The van der Waals surface area contributed by atoms with Gasteiger partial charge < -0.3 is 20.3 Å². The summed E-state index contributed by atoms with van der Waals surface area (Å²) in [5, 5.41) is 8.85. The van der Waals surface area contributed by atoms with Crippen molar-refractivity contribution < 1.29 is 14.6 Å². The van der Waals surface area contributed by atoms with Gasteiger partial charge >= 0.3 is 0 Å². The van der Waals surface area contributed by atoms with Gasteiger partial charge in [-0.15, -0.1) is 0 Å². The number of halogens is 1. The summed E-state index contributed by atoms with van der Waals surface area (Å²) in [6, 6.07) is 3.51. The fourth-order valence-electron chi connectivity index (χ4n) is 1.57. The first-order valence-electron chi connectivity index (χ1n) is 4.68. The Hall–Kier alpha value is -0.780. The topological polar surface area (TPSA) is 64.7 Å². The van der Waals surface area contributed by atoms with Gasteiger partial charge in [0.1, 0.15) is 0 Å². The summed E-state index contributed by atoms with van der Waals surface area (Å²) in [5.41, 5.74) is 6.80. The predicted octanol–water partition coefficient (Wildman–Crippen LogP) is 1.56. The molecule has 3 N–H and O–H groups in total. The maximum Gasteiger partial charge on any atom is 0.231 e. The normalized spacial score (nSPS) is 15.4.